The number of ether oxygens (including phenoxy) is 1. The second-order valence-corrected chi connectivity index (χ2v) is 3.52. The predicted molar refractivity (Wildman–Crippen MR) is 48.0 cm³/mol. The lowest BCUT2D eigenvalue weighted by Crippen LogP contribution is -2.22. The third kappa shape index (κ3) is 1.69. The molecule has 70 valence electrons. The van der Waals surface area contributed by atoms with Crippen LogP contribution in [0.1, 0.15) is 13.8 Å². The average molecular weight is 180 g/mol. The third-order valence-corrected chi connectivity index (χ3v) is 2.04. The zero-order valence-electron chi connectivity index (χ0n) is 7.96. The summed E-state index contributed by atoms with van der Waals surface area (Å²) in [6, 6.07) is 0. The smallest absolute Gasteiger partial charge is 0.192 e. The van der Waals surface area contributed by atoms with E-state index in [0.29, 0.717) is 12.0 Å². The lowest BCUT2D eigenvalue weighted by atomic mass is 9.83. The molecule has 0 radical (unpaired) electrons. The Kier molecular flexibility index (Phi) is 2.36. The normalized spacial score (nSPS) is 20.4. The van der Waals surface area contributed by atoms with Gasteiger partial charge >= 0.3 is 0 Å². The highest BCUT2D eigenvalue weighted by Gasteiger charge is 2.29. The van der Waals surface area contributed by atoms with Crippen LogP contribution in [0.3, 0.4) is 0 Å². The van der Waals surface area contributed by atoms with Crippen LogP contribution in [-0.4, -0.2) is 19.2 Å². The van der Waals surface area contributed by atoms with Crippen LogP contribution in [0, 0.1) is 5.41 Å². The summed E-state index contributed by atoms with van der Waals surface area (Å²) in [6.45, 7) is 3.77. The van der Waals surface area contributed by atoms with Crippen molar-refractivity contribution in [2.45, 2.75) is 13.8 Å². The fourth-order valence-corrected chi connectivity index (χ4v) is 1.33. The first kappa shape index (κ1) is 9.71. The van der Waals surface area contributed by atoms with Crippen molar-refractivity contribution in [3.8, 4) is 0 Å². The van der Waals surface area contributed by atoms with Crippen LogP contribution in [0.2, 0.25) is 0 Å². The number of methoxy groups -OCH3 is 1. The SMILES string of the molecule is COC1=CC(=O)C(C=O)=CC1(C)C. The van der Waals surface area contributed by atoms with Crippen LogP contribution in [-0.2, 0) is 14.3 Å². The molecule has 0 aromatic rings. The summed E-state index contributed by atoms with van der Waals surface area (Å²) in [5, 5.41) is 0. The summed E-state index contributed by atoms with van der Waals surface area (Å²) in [6.07, 6.45) is 3.57. The molecule has 1 aliphatic carbocycles. The lowest BCUT2D eigenvalue weighted by Gasteiger charge is -2.26. The van der Waals surface area contributed by atoms with Gasteiger partial charge in [-0.1, -0.05) is 6.08 Å². The monoisotopic (exact) mass is 180 g/mol. The van der Waals surface area contributed by atoms with Gasteiger partial charge in [-0.15, -0.1) is 0 Å². The Bertz CT molecular complexity index is 308. The molecule has 0 aliphatic heterocycles. The molecule has 0 fully saturated rings. The first-order valence-corrected chi connectivity index (χ1v) is 4.00. The highest BCUT2D eigenvalue weighted by atomic mass is 16.5. The van der Waals surface area contributed by atoms with E-state index in [0.717, 1.165) is 0 Å². The molecule has 13 heavy (non-hydrogen) atoms. The first-order valence-electron chi connectivity index (χ1n) is 4.00. The van der Waals surface area contributed by atoms with Crippen LogP contribution in [0.25, 0.3) is 0 Å². The molecule has 1 aliphatic rings. The average Bonchev–Trinajstić information content (AvgIpc) is 2.08. The molecule has 0 aromatic heterocycles. The summed E-state index contributed by atoms with van der Waals surface area (Å²) in [5.74, 6) is 0.300. The molecule has 3 nitrogen and oxygen atoms in total. The highest BCUT2D eigenvalue weighted by Crippen LogP contribution is 2.32. The van der Waals surface area contributed by atoms with Crippen LogP contribution in [0.5, 0.6) is 0 Å². The Morgan fingerprint density at radius 2 is 2.08 bits per heavy atom. The number of hydrogen-bond acceptors (Lipinski definition) is 3. The minimum atomic E-state index is -0.376. The minimum Gasteiger partial charge on any atom is -0.500 e. The van der Waals surface area contributed by atoms with E-state index in [1.54, 1.807) is 6.08 Å². The maximum absolute atomic E-state index is 11.2. The zero-order chi connectivity index (χ0) is 10.1. The van der Waals surface area contributed by atoms with Gasteiger partial charge in [0, 0.05) is 11.5 Å². The van der Waals surface area contributed by atoms with Crippen molar-refractivity contribution in [1.29, 1.82) is 0 Å². The number of carbonyl (C=O) groups is 2. The van der Waals surface area contributed by atoms with Crippen LogP contribution < -0.4 is 0 Å². The minimum absolute atomic E-state index is 0.200. The van der Waals surface area contributed by atoms with E-state index in [1.165, 1.54) is 13.2 Å². The first-order chi connectivity index (χ1) is 6.01. The van der Waals surface area contributed by atoms with Crippen LogP contribution in [0.15, 0.2) is 23.5 Å². The van der Waals surface area contributed by atoms with Crippen molar-refractivity contribution in [3.63, 3.8) is 0 Å². The van der Waals surface area contributed by atoms with Gasteiger partial charge in [0.05, 0.1) is 12.7 Å². The van der Waals surface area contributed by atoms with Crippen molar-refractivity contribution in [2.24, 2.45) is 5.41 Å². The molecule has 0 heterocycles. The van der Waals surface area contributed by atoms with Gasteiger partial charge in [-0.25, -0.2) is 0 Å². The second kappa shape index (κ2) is 3.17. The molecular formula is C10H12O3. The summed E-state index contributed by atoms with van der Waals surface area (Å²) in [7, 11) is 1.51. The largest absolute Gasteiger partial charge is 0.500 e. The van der Waals surface area contributed by atoms with Crippen LogP contribution in [0.4, 0.5) is 0 Å². The van der Waals surface area contributed by atoms with E-state index in [4.69, 9.17) is 4.74 Å². The third-order valence-electron chi connectivity index (χ3n) is 2.04. The number of rotatable bonds is 2. The van der Waals surface area contributed by atoms with Gasteiger partial charge in [0.1, 0.15) is 5.76 Å². The fraction of sp³-hybridized carbons (Fsp3) is 0.400. The predicted octanol–water partition coefficient (Wildman–Crippen LogP) is 1.25. The van der Waals surface area contributed by atoms with E-state index in [2.05, 4.69) is 0 Å². The Labute approximate surface area is 77.1 Å². The van der Waals surface area contributed by atoms with E-state index < -0.39 is 0 Å². The van der Waals surface area contributed by atoms with E-state index in [1.807, 2.05) is 13.8 Å². The fourth-order valence-electron chi connectivity index (χ4n) is 1.33. The molecule has 3 heteroatoms. The van der Waals surface area contributed by atoms with Crippen molar-refractivity contribution in [3.05, 3.63) is 23.5 Å². The number of ketones is 1. The van der Waals surface area contributed by atoms with E-state index in [-0.39, 0.29) is 16.8 Å². The summed E-state index contributed by atoms with van der Waals surface area (Å²) in [5.41, 5.74) is -0.176. The molecule has 0 saturated heterocycles. The molecule has 0 amide bonds. The van der Waals surface area contributed by atoms with Crippen LogP contribution >= 0.6 is 0 Å². The molecule has 0 bridgehead atoms. The maximum Gasteiger partial charge on any atom is 0.192 e. The lowest BCUT2D eigenvalue weighted by molar-refractivity contribution is -0.114. The van der Waals surface area contributed by atoms with Gasteiger partial charge in [0.2, 0.25) is 0 Å². The van der Waals surface area contributed by atoms with Gasteiger partial charge in [-0.05, 0) is 13.8 Å². The zero-order valence-corrected chi connectivity index (χ0v) is 7.96. The standard InChI is InChI=1S/C10H12O3/c1-10(2)5-7(6-11)8(12)4-9(10)13-3/h4-6H,1-3H3. The molecule has 0 atom stereocenters. The van der Waals surface area contributed by atoms with Gasteiger partial charge < -0.3 is 4.74 Å². The molecule has 0 spiro atoms. The maximum atomic E-state index is 11.2. The molecular weight excluding hydrogens is 168 g/mol. The van der Waals surface area contributed by atoms with Gasteiger partial charge in [-0.2, -0.15) is 0 Å². The summed E-state index contributed by atoms with van der Waals surface area (Å²) >= 11 is 0. The van der Waals surface area contributed by atoms with Crippen molar-refractivity contribution >= 4 is 12.1 Å². The quantitative estimate of drug-likeness (QED) is 0.474. The molecule has 0 aromatic carbocycles. The molecule has 0 N–H and O–H groups in total. The van der Waals surface area contributed by atoms with Crippen molar-refractivity contribution < 1.29 is 14.3 Å². The van der Waals surface area contributed by atoms with Gasteiger partial charge in [-0.3, -0.25) is 9.59 Å². The molecule has 1 rings (SSSR count). The highest BCUT2D eigenvalue weighted by molar-refractivity contribution is 6.18. The Balaban J connectivity index is 3.11. The second-order valence-electron chi connectivity index (χ2n) is 3.52. The Hall–Kier alpha value is -1.38. The van der Waals surface area contributed by atoms with Crippen molar-refractivity contribution in [2.75, 3.05) is 7.11 Å². The topological polar surface area (TPSA) is 43.4 Å². The van der Waals surface area contributed by atoms with Gasteiger partial charge in [0.25, 0.3) is 0 Å². The Morgan fingerprint density at radius 1 is 1.46 bits per heavy atom. The molecule has 0 saturated carbocycles. The summed E-state index contributed by atoms with van der Waals surface area (Å²) < 4.78 is 5.05. The Morgan fingerprint density at radius 3 is 2.54 bits per heavy atom. The number of aldehydes is 1. The number of allylic oxidation sites excluding steroid dienone is 3. The molecule has 0 unspecified atom stereocenters. The number of carbonyl (C=O) groups excluding carboxylic acids is 2. The van der Waals surface area contributed by atoms with Gasteiger partial charge in [0.15, 0.2) is 12.1 Å². The van der Waals surface area contributed by atoms with Crippen molar-refractivity contribution in [1.82, 2.24) is 0 Å². The summed E-state index contributed by atoms with van der Waals surface area (Å²) in [4.78, 5) is 21.7. The van der Waals surface area contributed by atoms with E-state index >= 15 is 0 Å². The van der Waals surface area contributed by atoms with E-state index in [9.17, 15) is 9.59 Å². The number of hydrogen-bond donors (Lipinski definition) is 0.